The number of morpholine rings is 1. The van der Waals surface area contributed by atoms with Crippen molar-refractivity contribution in [3.05, 3.63) is 0 Å². The third-order valence-corrected chi connectivity index (χ3v) is 4.69. The predicted octanol–water partition coefficient (Wildman–Crippen LogP) is 3.20. The summed E-state index contributed by atoms with van der Waals surface area (Å²) in [6.45, 7) is 11.2. The van der Waals surface area contributed by atoms with Gasteiger partial charge < -0.3 is 9.47 Å². The summed E-state index contributed by atoms with van der Waals surface area (Å²) in [4.78, 5) is 13.8. The lowest BCUT2D eigenvalue weighted by atomic mass is 9.97. The standard InChI is InChI=1S/C16H31NO3/c1-7-9-10-13(8-2)11-20-16(5)12-19-14(18)15(3,4)17(16)6/h13H,7-12H2,1-6H3. The van der Waals surface area contributed by atoms with Crippen LogP contribution in [0, 0.1) is 5.92 Å². The fourth-order valence-corrected chi connectivity index (χ4v) is 2.54. The van der Waals surface area contributed by atoms with Crippen LogP contribution in [0.3, 0.4) is 0 Å². The molecule has 4 nitrogen and oxygen atoms in total. The van der Waals surface area contributed by atoms with Gasteiger partial charge in [0.1, 0.15) is 12.1 Å². The second-order valence-corrected chi connectivity index (χ2v) is 6.60. The number of nitrogens with zero attached hydrogens (tertiary/aromatic N) is 1. The molecule has 0 spiro atoms. The van der Waals surface area contributed by atoms with E-state index >= 15 is 0 Å². The van der Waals surface area contributed by atoms with E-state index in [1.807, 2.05) is 32.7 Å². The molecule has 0 saturated carbocycles. The second kappa shape index (κ2) is 6.90. The lowest BCUT2D eigenvalue weighted by molar-refractivity contribution is -0.239. The largest absolute Gasteiger partial charge is 0.460 e. The number of ether oxygens (including phenoxy) is 2. The zero-order valence-electron chi connectivity index (χ0n) is 14.0. The molecule has 1 aliphatic heterocycles. The van der Waals surface area contributed by atoms with E-state index in [-0.39, 0.29) is 5.97 Å². The number of carbonyl (C=O) groups excluding carboxylic acids is 1. The lowest BCUT2D eigenvalue weighted by Gasteiger charge is -2.49. The Hall–Kier alpha value is -0.610. The van der Waals surface area contributed by atoms with Crippen LogP contribution in [0.25, 0.3) is 0 Å². The molecule has 1 aliphatic rings. The first kappa shape index (κ1) is 17.4. The lowest BCUT2D eigenvalue weighted by Crippen LogP contribution is -2.66. The van der Waals surface area contributed by atoms with Gasteiger partial charge in [-0.05, 0) is 40.2 Å². The van der Waals surface area contributed by atoms with Crippen LogP contribution in [-0.2, 0) is 14.3 Å². The maximum absolute atomic E-state index is 11.8. The maximum atomic E-state index is 11.8. The van der Waals surface area contributed by atoms with Crippen LogP contribution in [0.2, 0.25) is 0 Å². The summed E-state index contributed by atoms with van der Waals surface area (Å²) in [6, 6.07) is 0. The van der Waals surface area contributed by atoms with E-state index in [4.69, 9.17) is 9.47 Å². The molecule has 0 aromatic rings. The van der Waals surface area contributed by atoms with Crippen molar-refractivity contribution in [2.24, 2.45) is 5.92 Å². The first-order valence-electron chi connectivity index (χ1n) is 7.83. The zero-order chi connectivity index (χ0) is 15.4. The molecule has 0 radical (unpaired) electrons. The first-order valence-corrected chi connectivity index (χ1v) is 7.83. The molecule has 4 heteroatoms. The molecular formula is C16H31NO3. The van der Waals surface area contributed by atoms with E-state index in [0.717, 1.165) is 13.0 Å². The number of hydrogen-bond acceptors (Lipinski definition) is 4. The van der Waals surface area contributed by atoms with E-state index in [1.165, 1.54) is 19.3 Å². The Bertz CT molecular complexity index is 330. The zero-order valence-corrected chi connectivity index (χ0v) is 14.0. The smallest absolute Gasteiger partial charge is 0.326 e. The molecular weight excluding hydrogens is 254 g/mol. The van der Waals surface area contributed by atoms with Crippen molar-refractivity contribution in [2.45, 2.75) is 71.6 Å². The Morgan fingerprint density at radius 1 is 1.35 bits per heavy atom. The van der Waals surface area contributed by atoms with Crippen LogP contribution in [-0.4, -0.2) is 42.4 Å². The van der Waals surface area contributed by atoms with Crippen LogP contribution in [0.15, 0.2) is 0 Å². The minimum atomic E-state index is -0.641. The molecule has 0 bridgehead atoms. The molecule has 0 aliphatic carbocycles. The molecule has 2 unspecified atom stereocenters. The number of esters is 1. The number of hydrogen-bond donors (Lipinski definition) is 0. The normalized spacial score (nSPS) is 28.2. The van der Waals surface area contributed by atoms with Crippen LogP contribution in [0.4, 0.5) is 0 Å². The monoisotopic (exact) mass is 285 g/mol. The summed E-state index contributed by atoms with van der Waals surface area (Å²) in [6.07, 6.45) is 4.80. The highest BCUT2D eigenvalue weighted by Crippen LogP contribution is 2.31. The van der Waals surface area contributed by atoms with Gasteiger partial charge in [0.05, 0.1) is 6.61 Å². The van der Waals surface area contributed by atoms with Gasteiger partial charge in [-0.15, -0.1) is 0 Å². The van der Waals surface area contributed by atoms with Crippen LogP contribution in [0.5, 0.6) is 0 Å². The maximum Gasteiger partial charge on any atom is 0.326 e. The highest BCUT2D eigenvalue weighted by molar-refractivity contribution is 5.80. The summed E-state index contributed by atoms with van der Waals surface area (Å²) in [5, 5.41) is 0. The summed E-state index contributed by atoms with van der Waals surface area (Å²) in [5.41, 5.74) is -1.17. The van der Waals surface area contributed by atoms with Gasteiger partial charge >= 0.3 is 5.97 Å². The number of carbonyl (C=O) groups is 1. The SMILES string of the molecule is CCCCC(CC)COC1(C)COC(=O)C(C)(C)N1C. The van der Waals surface area contributed by atoms with E-state index in [0.29, 0.717) is 12.5 Å². The topological polar surface area (TPSA) is 38.8 Å². The van der Waals surface area contributed by atoms with Crippen molar-refractivity contribution in [1.82, 2.24) is 4.90 Å². The quantitative estimate of drug-likeness (QED) is 0.673. The number of rotatable bonds is 7. The van der Waals surface area contributed by atoms with Crippen molar-refractivity contribution in [3.63, 3.8) is 0 Å². The van der Waals surface area contributed by atoms with Gasteiger partial charge in [-0.25, -0.2) is 0 Å². The summed E-state index contributed by atoms with van der Waals surface area (Å²) < 4.78 is 11.5. The molecule has 0 aromatic carbocycles. The van der Waals surface area contributed by atoms with Gasteiger partial charge in [0.15, 0.2) is 5.72 Å². The van der Waals surface area contributed by atoms with Crippen molar-refractivity contribution in [1.29, 1.82) is 0 Å². The Morgan fingerprint density at radius 3 is 2.55 bits per heavy atom. The fraction of sp³-hybridized carbons (Fsp3) is 0.938. The van der Waals surface area contributed by atoms with Crippen molar-refractivity contribution >= 4 is 5.97 Å². The van der Waals surface area contributed by atoms with E-state index < -0.39 is 11.3 Å². The third-order valence-electron chi connectivity index (χ3n) is 4.69. The van der Waals surface area contributed by atoms with Crippen molar-refractivity contribution in [2.75, 3.05) is 20.3 Å². The predicted molar refractivity (Wildman–Crippen MR) is 80.5 cm³/mol. The van der Waals surface area contributed by atoms with Gasteiger partial charge in [0, 0.05) is 0 Å². The molecule has 1 rings (SSSR count). The molecule has 20 heavy (non-hydrogen) atoms. The minimum Gasteiger partial charge on any atom is -0.460 e. The summed E-state index contributed by atoms with van der Waals surface area (Å²) in [7, 11) is 1.94. The van der Waals surface area contributed by atoms with Crippen LogP contribution >= 0.6 is 0 Å². The first-order chi connectivity index (χ1) is 9.28. The Balaban J connectivity index is 2.63. The van der Waals surface area contributed by atoms with Gasteiger partial charge in [-0.2, -0.15) is 0 Å². The fourth-order valence-electron chi connectivity index (χ4n) is 2.54. The number of likely N-dealkylation sites (N-methyl/N-ethyl adjacent to an activating group) is 1. The van der Waals surface area contributed by atoms with Crippen LogP contribution in [0.1, 0.15) is 60.3 Å². The molecule has 0 aromatic heterocycles. The summed E-state index contributed by atoms with van der Waals surface area (Å²) >= 11 is 0. The molecule has 2 atom stereocenters. The average molecular weight is 285 g/mol. The van der Waals surface area contributed by atoms with E-state index in [2.05, 4.69) is 13.8 Å². The highest BCUT2D eigenvalue weighted by Gasteiger charge is 2.49. The van der Waals surface area contributed by atoms with Gasteiger partial charge in [0.25, 0.3) is 0 Å². The van der Waals surface area contributed by atoms with Gasteiger partial charge in [0.2, 0.25) is 0 Å². The second-order valence-electron chi connectivity index (χ2n) is 6.60. The third kappa shape index (κ3) is 3.73. The Labute approximate surface area is 123 Å². The molecule has 1 saturated heterocycles. The van der Waals surface area contributed by atoms with Crippen molar-refractivity contribution < 1.29 is 14.3 Å². The van der Waals surface area contributed by atoms with Crippen LogP contribution < -0.4 is 0 Å². The van der Waals surface area contributed by atoms with E-state index in [9.17, 15) is 4.79 Å². The average Bonchev–Trinajstić information content (AvgIpc) is 2.42. The molecule has 118 valence electrons. The molecule has 1 fully saturated rings. The minimum absolute atomic E-state index is 0.181. The number of unbranched alkanes of at least 4 members (excludes halogenated alkanes) is 1. The summed E-state index contributed by atoms with van der Waals surface area (Å²) in [5.74, 6) is 0.403. The Morgan fingerprint density at radius 2 is 2.00 bits per heavy atom. The molecule has 0 N–H and O–H groups in total. The van der Waals surface area contributed by atoms with Gasteiger partial charge in [-0.3, -0.25) is 9.69 Å². The molecule has 0 amide bonds. The van der Waals surface area contributed by atoms with Gasteiger partial charge in [-0.1, -0.05) is 33.1 Å². The molecule has 1 heterocycles. The van der Waals surface area contributed by atoms with Crippen molar-refractivity contribution in [3.8, 4) is 0 Å². The highest BCUT2D eigenvalue weighted by atomic mass is 16.6. The van der Waals surface area contributed by atoms with E-state index in [1.54, 1.807) is 0 Å². The Kier molecular flexibility index (Phi) is 6.02. The number of cyclic esters (lactones) is 1.